The summed E-state index contributed by atoms with van der Waals surface area (Å²) in [7, 11) is -3.17. The van der Waals surface area contributed by atoms with E-state index in [2.05, 4.69) is 0 Å². The van der Waals surface area contributed by atoms with Gasteiger partial charge in [0.05, 0.1) is 17.7 Å². The topological polar surface area (TPSA) is 105 Å². The second-order valence-corrected chi connectivity index (χ2v) is 6.09. The molecule has 0 unspecified atom stereocenters. The largest absolute Gasteiger partial charge is 0.392 e. The van der Waals surface area contributed by atoms with Gasteiger partial charge in [-0.15, -0.1) is 0 Å². The Kier molecular flexibility index (Phi) is 3.79. The average molecular weight is 313 g/mol. The van der Waals surface area contributed by atoms with Gasteiger partial charge in [0, 0.05) is 7.05 Å². The highest BCUT2D eigenvalue weighted by Crippen LogP contribution is 2.13. The predicted octanol–water partition coefficient (Wildman–Crippen LogP) is -0.465. The summed E-state index contributed by atoms with van der Waals surface area (Å²) in [5.74, 6) is -1.13. The van der Waals surface area contributed by atoms with Gasteiger partial charge in [-0.3, -0.25) is 9.98 Å². The van der Waals surface area contributed by atoms with E-state index in [1.54, 1.807) is 0 Å². The van der Waals surface area contributed by atoms with E-state index in [0.29, 0.717) is 16.3 Å². The molecular formula is C12H12FN3O4S. The third-order valence-corrected chi connectivity index (χ3v) is 4.58. The SMILES string of the molecule is Cn1c(=N)c(F)cn(S(=O)(=O)c2ccc(CO)cc2)c1=O. The zero-order valence-electron chi connectivity index (χ0n) is 10.9. The maximum atomic E-state index is 13.5. The van der Waals surface area contributed by atoms with Gasteiger partial charge in [0.2, 0.25) is 0 Å². The Hall–Kier alpha value is -2.26. The van der Waals surface area contributed by atoms with Crippen LogP contribution in [-0.2, 0) is 23.7 Å². The van der Waals surface area contributed by atoms with Crippen molar-refractivity contribution in [2.45, 2.75) is 11.5 Å². The number of nitrogens with zero attached hydrogens (tertiary/aromatic N) is 2. The van der Waals surface area contributed by atoms with Crippen molar-refractivity contribution in [2.24, 2.45) is 7.05 Å². The van der Waals surface area contributed by atoms with E-state index in [1.807, 2.05) is 0 Å². The maximum Gasteiger partial charge on any atom is 0.343 e. The number of nitrogens with one attached hydrogen (secondary N) is 1. The van der Waals surface area contributed by atoms with Crippen molar-refractivity contribution in [3.63, 3.8) is 0 Å². The Labute approximate surface area is 119 Å². The van der Waals surface area contributed by atoms with Gasteiger partial charge in [-0.1, -0.05) is 12.1 Å². The maximum absolute atomic E-state index is 13.5. The Bertz CT molecular complexity index is 898. The van der Waals surface area contributed by atoms with E-state index in [1.165, 1.54) is 24.3 Å². The second kappa shape index (κ2) is 5.26. The van der Waals surface area contributed by atoms with Crippen LogP contribution in [0.4, 0.5) is 4.39 Å². The molecule has 2 aromatic rings. The molecule has 1 aromatic carbocycles. The van der Waals surface area contributed by atoms with E-state index >= 15 is 0 Å². The molecule has 0 aliphatic carbocycles. The number of benzene rings is 1. The lowest BCUT2D eigenvalue weighted by molar-refractivity contribution is 0.282. The Morgan fingerprint density at radius 1 is 1.29 bits per heavy atom. The van der Waals surface area contributed by atoms with Crippen LogP contribution < -0.4 is 11.2 Å². The molecule has 112 valence electrons. The zero-order valence-corrected chi connectivity index (χ0v) is 11.8. The second-order valence-electron chi connectivity index (χ2n) is 4.27. The third-order valence-electron chi connectivity index (χ3n) is 2.93. The van der Waals surface area contributed by atoms with Crippen molar-refractivity contribution >= 4 is 10.0 Å². The molecule has 21 heavy (non-hydrogen) atoms. The molecule has 0 amide bonds. The van der Waals surface area contributed by atoms with Gasteiger partial charge in [-0.25, -0.2) is 17.6 Å². The minimum Gasteiger partial charge on any atom is -0.392 e. The fourth-order valence-electron chi connectivity index (χ4n) is 1.68. The number of aliphatic hydroxyl groups is 1. The summed E-state index contributed by atoms with van der Waals surface area (Å²) in [5, 5.41) is 16.2. The van der Waals surface area contributed by atoms with E-state index in [0.717, 1.165) is 7.05 Å². The average Bonchev–Trinajstić information content (AvgIpc) is 2.48. The van der Waals surface area contributed by atoms with Crippen LogP contribution in [0.15, 0.2) is 40.2 Å². The lowest BCUT2D eigenvalue weighted by atomic mass is 10.2. The van der Waals surface area contributed by atoms with Crippen molar-refractivity contribution in [3.05, 3.63) is 57.8 Å². The molecule has 0 atom stereocenters. The quantitative estimate of drug-likeness (QED) is 0.799. The van der Waals surface area contributed by atoms with Crippen molar-refractivity contribution in [2.75, 3.05) is 0 Å². The molecule has 7 nitrogen and oxygen atoms in total. The molecule has 0 bridgehead atoms. The molecule has 0 saturated carbocycles. The molecule has 0 aliphatic heterocycles. The van der Waals surface area contributed by atoms with Crippen LogP contribution in [0.2, 0.25) is 0 Å². The smallest absolute Gasteiger partial charge is 0.343 e. The molecule has 1 heterocycles. The summed E-state index contributed by atoms with van der Waals surface area (Å²) in [4.78, 5) is 11.7. The molecule has 2 rings (SSSR count). The highest BCUT2D eigenvalue weighted by Gasteiger charge is 2.21. The van der Waals surface area contributed by atoms with Gasteiger partial charge in [0.25, 0.3) is 10.0 Å². The lowest BCUT2D eigenvalue weighted by Gasteiger charge is -2.10. The zero-order chi connectivity index (χ0) is 15.8. The lowest BCUT2D eigenvalue weighted by Crippen LogP contribution is -2.41. The van der Waals surface area contributed by atoms with Crippen molar-refractivity contribution < 1.29 is 17.9 Å². The van der Waals surface area contributed by atoms with Crippen molar-refractivity contribution in [1.29, 1.82) is 5.41 Å². The van der Waals surface area contributed by atoms with E-state index in [9.17, 15) is 17.6 Å². The number of halogens is 1. The molecule has 1 aromatic heterocycles. The van der Waals surface area contributed by atoms with E-state index in [4.69, 9.17) is 10.5 Å². The Morgan fingerprint density at radius 2 is 1.86 bits per heavy atom. The first-order valence-electron chi connectivity index (χ1n) is 5.77. The molecule has 0 fully saturated rings. The first-order chi connectivity index (χ1) is 9.78. The fraction of sp³-hybridized carbons (Fsp3) is 0.167. The number of aromatic nitrogens is 2. The molecule has 0 aliphatic rings. The molecule has 0 spiro atoms. The van der Waals surface area contributed by atoms with Crippen LogP contribution in [0.1, 0.15) is 5.56 Å². The van der Waals surface area contributed by atoms with Gasteiger partial charge in [0.1, 0.15) is 0 Å². The summed E-state index contributed by atoms with van der Waals surface area (Å²) in [6.45, 7) is -0.253. The highest BCUT2D eigenvalue weighted by atomic mass is 32.2. The minimum absolute atomic E-state index is 0.223. The van der Waals surface area contributed by atoms with Crippen LogP contribution in [0.5, 0.6) is 0 Å². The van der Waals surface area contributed by atoms with Crippen LogP contribution in [0.25, 0.3) is 0 Å². The first-order valence-corrected chi connectivity index (χ1v) is 7.21. The first kappa shape index (κ1) is 15.1. The Balaban J connectivity index is 2.70. The van der Waals surface area contributed by atoms with Gasteiger partial charge in [-0.05, 0) is 17.7 Å². The van der Waals surface area contributed by atoms with Crippen LogP contribution in [-0.4, -0.2) is 22.1 Å². The van der Waals surface area contributed by atoms with Crippen LogP contribution in [0, 0.1) is 11.2 Å². The molecule has 9 heteroatoms. The van der Waals surface area contributed by atoms with Crippen molar-refractivity contribution in [1.82, 2.24) is 8.54 Å². The summed E-state index contributed by atoms with van der Waals surface area (Å²) in [6, 6.07) is 5.18. The fourth-order valence-corrected chi connectivity index (χ4v) is 2.94. The summed E-state index contributed by atoms with van der Waals surface area (Å²) >= 11 is 0. The van der Waals surface area contributed by atoms with Gasteiger partial charge >= 0.3 is 5.69 Å². The molecular weight excluding hydrogens is 301 g/mol. The molecule has 0 radical (unpaired) electrons. The standard InChI is InChI=1S/C12H12FN3O4S/c1-15-11(14)10(13)6-16(12(15)18)21(19,20)9-4-2-8(7-17)3-5-9/h2-6,14,17H,7H2,1H3. The number of aliphatic hydroxyl groups excluding tert-OH is 1. The van der Waals surface area contributed by atoms with Gasteiger partial charge in [0.15, 0.2) is 11.3 Å². The van der Waals surface area contributed by atoms with E-state index < -0.39 is 27.0 Å². The summed E-state index contributed by atoms with van der Waals surface area (Å²) < 4.78 is 39.0. The van der Waals surface area contributed by atoms with Crippen molar-refractivity contribution in [3.8, 4) is 0 Å². The van der Waals surface area contributed by atoms with Gasteiger partial charge < -0.3 is 5.11 Å². The minimum atomic E-state index is -4.28. The number of hydrogen-bond donors (Lipinski definition) is 2. The third kappa shape index (κ3) is 2.52. The summed E-state index contributed by atoms with van der Waals surface area (Å²) in [5.41, 5.74) is -1.26. The van der Waals surface area contributed by atoms with Crippen LogP contribution in [0.3, 0.4) is 0 Å². The van der Waals surface area contributed by atoms with Gasteiger partial charge in [-0.2, -0.15) is 3.97 Å². The van der Waals surface area contributed by atoms with Crippen LogP contribution >= 0.6 is 0 Å². The monoisotopic (exact) mass is 313 g/mol. The highest BCUT2D eigenvalue weighted by molar-refractivity contribution is 7.90. The molecule has 0 saturated heterocycles. The summed E-state index contributed by atoms with van der Waals surface area (Å²) in [6.07, 6.45) is 0.472. The normalized spacial score (nSPS) is 11.6. The number of hydrogen-bond acceptors (Lipinski definition) is 5. The molecule has 2 N–H and O–H groups in total. The van der Waals surface area contributed by atoms with E-state index in [-0.39, 0.29) is 15.5 Å². The predicted molar refractivity (Wildman–Crippen MR) is 70.4 cm³/mol. The number of rotatable bonds is 3. The Morgan fingerprint density at radius 3 is 2.38 bits per heavy atom.